The first-order valence-electron chi connectivity index (χ1n) is 7.09. The van der Waals surface area contributed by atoms with Gasteiger partial charge in [0.05, 0.1) is 38.6 Å². The van der Waals surface area contributed by atoms with Crippen molar-refractivity contribution in [2.75, 3.05) is 33.0 Å². The third kappa shape index (κ3) is 4.50. The van der Waals surface area contributed by atoms with Crippen LogP contribution in [0.1, 0.15) is 33.6 Å². The molecule has 2 aliphatic heterocycles. The van der Waals surface area contributed by atoms with Gasteiger partial charge >= 0.3 is 0 Å². The van der Waals surface area contributed by atoms with Gasteiger partial charge in [-0.3, -0.25) is 0 Å². The molecule has 106 valence electrons. The van der Waals surface area contributed by atoms with Gasteiger partial charge in [0.15, 0.2) is 0 Å². The summed E-state index contributed by atoms with van der Waals surface area (Å²) in [5.41, 5.74) is -0.106. The third-order valence-electron chi connectivity index (χ3n) is 3.86. The molecular weight excluding hydrogens is 232 g/mol. The van der Waals surface area contributed by atoms with E-state index in [0.717, 1.165) is 39.3 Å². The molecule has 0 aliphatic carbocycles. The summed E-state index contributed by atoms with van der Waals surface area (Å²) in [6.45, 7) is 10.5. The van der Waals surface area contributed by atoms with Crippen molar-refractivity contribution in [1.29, 1.82) is 0 Å². The van der Waals surface area contributed by atoms with E-state index in [1.807, 2.05) is 0 Å². The van der Waals surface area contributed by atoms with E-state index >= 15 is 0 Å². The second-order valence-electron chi connectivity index (χ2n) is 5.72. The van der Waals surface area contributed by atoms with E-state index in [-0.39, 0.29) is 5.60 Å². The molecule has 0 saturated carbocycles. The summed E-state index contributed by atoms with van der Waals surface area (Å²) in [6.07, 6.45) is 2.85. The Hall–Kier alpha value is -0.160. The molecule has 0 aromatic carbocycles. The summed E-state index contributed by atoms with van der Waals surface area (Å²) < 4.78 is 22.1. The molecule has 4 atom stereocenters. The molecule has 0 amide bonds. The summed E-state index contributed by atoms with van der Waals surface area (Å²) in [6, 6.07) is 0. The minimum absolute atomic E-state index is 0.106. The normalized spacial score (nSPS) is 30.8. The van der Waals surface area contributed by atoms with Gasteiger partial charge in [0.2, 0.25) is 0 Å². The maximum absolute atomic E-state index is 6.09. The Morgan fingerprint density at radius 1 is 1.22 bits per heavy atom. The van der Waals surface area contributed by atoms with Crippen molar-refractivity contribution in [1.82, 2.24) is 0 Å². The summed E-state index contributed by atoms with van der Waals surface area (Å²) >= 11 is 0. The predicted octanol–water partition coefficient (Wildman–Crippen LogP) is 2.01. The first kappa shape index (κ1) is 14.3. The Labute approximate surface area is 110 Å². The van der Waals surface area contributed by atoms with Crippen molar-refractivity contribution in [3.63, 3.8) is 0 Å². The maximum atomic E-state index is 6.09. The monoisotopic (exact) mass is 258 g/mol. The first-order valence-corrected chi connectivity index (χ1v) is 7.09. The first-order chi connectivity index (χ1) is 8.64. The van der Waals surface area contributed by atoms with Crippen LogP contribution >= 0.6 is 0 Å². The van der Waals surface area contributed by atoms with Crippen LogP contribution in [0.3, 0.4) is 0 Å². The molecule has 0 radical (unpaired) electrons. The molecule has 0 bridgehead atoms. The van der Waals surface area contributed by atoms with Gasteiger partial charge in [-0.05, 0) is 13.3 Å². The molecule has 0 spiro atoms. The zero-order valence-electron chi connectivity index (χ0n) is 11.8. The fourth-order valence-corrected chi connectivity index (χ4v) is 2.12. The molecule has 2 heterocycles. The number of rotatable bonds is 10. The smallest absolute Gasteiger partial charge is 0.104 e. The Morgan fingerprint density at radius 3 is 2.39 bits per heavy atom. The van der Waals surface area contributed by atoms with Crippen LogP contribution in [0.5, 0.6) is 0 Å². The Kier molecular flexibility index (Phi) is 5.01. The van der Waals surface area contributed by atoms with Gasteiger partial charge in [0, 0.05) is 5.92 Å². The summed E-state index contributed by atoms with van der Waals surface area (Å²) in [4.78, 5) is 0. The van der Waals surface area contributed by atoms with Crippen molar-refractivity contribution < 1.29 is 18.9 Å². The highest BCUT2D eigenvalue weighted by atomic mass is 16.6. The topological polar surface area (TPSA) is 43.5 Å². The fourth-order valence-electron chi connectivity index (χ4n) is 2.12. The molecule has 4 unspecified atom stereocenters. The average Bonchev–Trinajstić information content (AvgIpc) is 3.20. The number of epoxide rings is 2. The van der Waals surface area contributed by atoms with E-state index in [9.17, 15) is 0 Å². The van der Waals surface area contributed by atoms with Gasteiger partial charge in [-0.25, -0.2) is 0 Å². The van der Waals surface area contributed by atoms with Gasteiger partial charge in [0.1, 0.15) is 12.2 Å². The van der Waals surface area contributed by atoms with Crippen LogP contribution in [0.4, 0.5) is 0 Å². The molecule has 0 N–H and O–H groups in total. The zero-order chi connectivity index (χ0) is 13.0. The van der Waals surface area contributed by atoms with Crippen LogP contribution in [0.15, 0.2) is 0 Å². The van der Waals surface area contributed by atoms with E-state index in [1.54, 1.807) is 0 Å². The van der Waals surface area contributed by atoms with Crippen molar-refractivity contribution in [3.05, 3.63) is 0 Å². The molecule has 4 heteroatoms. The number of ether oxygens (including phenoxy) is 4. The quantitative estimate of drug-likeness (QED) is 0.562. The van der Waals surface area contributed by atoms with Crippen LogP contribution in [0.25, 0.3) is 0 Å². The lowest BCUT2D eigenvalue weighted by molar-refractivity contribution is -0.0995. The molecule has 4 nitrogen and oxygen atoms in total. The maximum Gasteiger partial charge on any atom is 0.104 e. The third-order valence-corrected chi connectivity index (χ3v) is 3.86. The van der Waals surface area contributed by atoms with Crippen LogP contribution in [-0.2, 0) is 18.9 Å². The SMILES string of the molecule is CCCC(C)(OCC1CO1)C(C)COCC1CO1. The Bertz CT molecular complexity index is 250. The van der Waals surface area contributed by atoms with Crippen molar-refractivity contribution in [2.24, 2.45) is 5.92 Å². The van der Waals surface area contributed by atoms with Crippen molar-refractivity contribution in [3.8, 4) is 0 Å². The van der Waals surface area contributed by atoms with Gasteiger partial charge in [-0.1, -0.05) is 20.3 Å². The number of hydrogen-bond acceptors (Lipinski definition) is 4. The molecule has 18 heavy (non-hydrogen) atoms. The van der Waals surface area contributed by atoms with Crippen LogP contribution in [0, 0.1) is 5.92 Å². The summed E-state index contributed by atoms with van der Waals surface area (Å²) in [7, 11) is 0. The Balaban J connectivity index is 1.72. The largest absolute Gasteiger partial charge is 0.378 e. The molecule has 2 rings (SSSR count). The molecule has 2 saturated heterocycles. The molecule has 0 aromatic rings. The highest BCUT2D eigenvalue weighted by molar-refractivity contribution is 4.83. The van der Waals surface area contributed by atoms with Crippen molar-refractivity contribution in [2.45, 2.75) is 51.4 Å². The molecule has 2 aliphatic rings. The second-order valence-corrected chi connectivity index (χ2v) is 5.72. The minimum atomic E-state index is -0.106. The lowest BCUT2D eigenvalue weighted by Crippen LogP contribution is -2.40. The summed E-state index contributed by atoms with van der Waals surface area (Å²) in [5.74, 6) is 0.384. The average molecular weight is 258 g/mol. The van der Waals surface area contributed by atoms with E-state index in [4.69, 9.17) is 18.9 Å². The highest BCUT2D eigenvalue weighted by Crippen LogP contribution is 2.29. The summed E-state index contributed by atoms with van der Waals surface area (Å²) in [5, 5.41) is 0. The van der Waals surface area contributed by atoms with Gasteiger partial charge < -0.3 is 18.9 Å². The zero-order valence-corrected chi connectivity index (χ0v) is 11.8. The second kappa shape index (κ2) is 6.33. The van der Waals surface area contributed by atoms with Crippen LogP contribution < -0.4 is 0 Å². The number of hydrogen-bond donors (Lipinski definition) is 0. The van der Waals surface area contributed by atoms with E-state index in [2.05, 4.69) is 20.8 Å². The van der Waals surface area contributed by atoms with E-state index in [1.165, 1.54) is 0 Å². The molecule has 2 fully saturated rings. The standard InChI is InChI=1S/C14H26O4/c1-4-5-14(3,18-10-13-9-17-13)11(2)6-15-7-12-8-16-12/h11-13H,4-10H2,1-3H3. The van der Waals surface area contributed by atoms with Crippen LogP contribution in [0.2, 0.25) is 0 Å². The Morgan fingerprint density at radius 2 is 1.83 bits per heavy atom. The van der Waals surface area contributed by atoms with Gasteiger partial charge in [-0.15, -0.1) is 0 Å². The minimum Gasteiger partial charge on any atom is -0.378 e. The highest BCUT2D eigenvalue weighted by Gasteiger charge is 2.35. The van der Waals surface area contributed by atoms with Crippen molar-refractivity contribution >= 4 is 0 Å². The van der Waals surface area contributed by atoms with Gasteiger partial charge in [0.25, 0.3) is 0 Å². The van der Waals surface area contributed by atoms with Gasteiger partial charge in [-0.2, -0.15) is 0 Å². The van der Waals surface area contributed by atoms with E-state index < -0.39 is 0 Å². The lowest BCUT2D eigenvalue weighted by Gasteiger charge is -2.35. The molecular formula is C14H26O4. The fraction of sp³-hybridized carbons (Fsp3) is 1.00. The molecule has 0 aromatic heterocycles. The lowest BCUT2D eigenvalue weighted by atomic mass is 9.87. The van der Waals surface area contributed by atoms with Crippen LogP contribution in [-0.4, -0.2) is 50.8 Å². The predicted molar refractivity (Wildman–Crippen MR) is 68.7 cm³/mol. The van der Waals surface area contributed by atoms with E-state index in [0.29, 0.717) is 24.7 Å².